The van der Waals surface area contributed by atoms with Gasteiger partial charge in [-0.2, -0.15) is 0 Å². The number of piperidine rings is 1. The number of rotatable bonds is 2. The van der Waals surface area contributed by atoms with Gasteiger partial charge in [-0.05, 0) is 25.7 Å². The van der Waals surface area contributed by atoms with Crippen LogP contribution < -0.4 is 0 Å². The van der Waals surface area contributed by atoms with Gasteiger partial charge in [0.1, 0.15) is 0 Å². The molecule has 0 saturated carbocycles. The molecule has 2 aliphatic rings. The first-order valence-corrected chi connectivity index (χ1v) is 6.26. The van der Waals surface area contributed by atoms with Crippen LogP contribution in [0.3, 0.4) is 0 Å². The van der Waals surface area contributed by atoms with E-state index in [1.807, 2.05) is 0 Å². The summed E-state index contributed by atoms with van der Waals surface area (Å²) >= 11 is 2.50. The van der Waals surface area contributed by atoms with Gasteiger partial charge in [-0.1, -0.05) is 29.0 Å². The topological polar surface area (TPSA) is 3.24 Å². The third-order valence-corrected chi connectivity index (χ3v) is 3.67. The quantitative estimate of drug-likeness (QED) is 0.547. The fourth-order valence-corrected chi connectivity index (χ4v) is 3.24. The number of nitrogens with zero attached hydrogens (tertiary/aromatic N) is 1. The van der Waals surface area contributed by atoms with Gasteiger partial charge in [0.2, 0.25) is 0 Å². The van der Waals surface area contributed by atoms with Gasteiger partial charge in [-0.25, -0.2) is 0 Å². The number of fused-ring (bicyclic) bond motifs is 2. The van der Waals surface area contributed by atoms with E-state index in [0.717, 1.165) is 12.1 Å². The summed E-state index contributed by atoms with van der Waals surface area (Å²) in [5, 5.41) is 0. The summed E-state index contributed by atoms with van der Waals surface area (Å²) in [5.74, 6) is 0. The number of halogens is 1. The Morgan fingerprint density at radius 2 is 1.73 bits per heavy atom. The van der Waals surface area contributed by atoms with Crippen LogP contribution in [0.15, 0.2) is 0 Å². The van der Waals surface area contributed by atoms with Gasteiger partial charge in [-0.15, -0.1) is 0 Å². The number of hydrogen-bond donors (Lipinski definition) is 0. The first kappa shape index (κ1) is 8.30. The molecule has 0 aromatic carbocycles. The van der Waals surface area contributed by atoms with Crippen molar-refractivity contribution >= 4 is 22.6 Å². The lowest BCUT2D eigenvalue weighted by Gasteiger charge is -2.34. The van der Waals surface area contributed by atoms with Crippen LogP contribution in [0, 0.1) is 0 Å². The molecule has 2 fully saturated rings. The van der Waals surface area contributed by atoms with Crippen molar-refractivity contribution in [3.05, 3.63) is 0 Å². The standard InChI is InChI=1S/C9H16IN/c10-6-7-11-8-2-1-3-9(11)5-4-8/h8-9H,1-7H2. The molecule has 2 bridgehead atoms. The molecular weight excluding hydrogens is 249 g/mol. The fraction of sp³-hybridized carbons (Fsp3) is 1.00. The van der Waals surface area contributed by atoms with Crippen molar-refractivity contribution in [3.63, 3.8) is 0 Å². The summed E-state index contributed by atoms with van der Waals surface area (Å²) in [7, 11) is 0. The Morgan fingerprint density at radius 1 is 1.09 bits per heavy atom. The largest absolute Gasteiger partial charge is 0.297 e. The average molecular weight is 265 g/mol. The zero-order valence-corrected chi connectivity index (χ0v) is 9.09. The van der Waals surface area contributed by atoms with Crippen molar-refractivity contribution in [2.24, 2.45) is 0 Å². The van der Waals surface area contributed by atoms with Gasteiger partial charge in [0.25, 0.3) is 0 Å². The van der Waals surface area contributed by atoms with Crippen molar-refractivity contribution in [2.75, 3.05) is 11.0 Å². The predicted molar refractivity (Wildman–Crippen MR) is 56.3 cm³/mol. The van der Waals surface area contributed by atoms with Gasteiger partial charge in [-0.3, -0.25) is 4.90 Å². The van der Waals surface area contributed by atoms with Crippen molar-refractivity contribution in [1.29, 1.82) is 0 Å². The first-order valence-electron chi connectivity index (χ1n) is 4.73. The second-order valence-electron chi connectivity index (χ2n) is 3.74. The minimum absolute atomic E-state index is 0.975. The molecule has 0 amide bonds. The summed E-state index contributed by atoms with van der Waals surface area (Å²) in [4.78, 5) is 2.76. The Kier molecular flexibility index (Phi) is 2.72. The van der Waals surface area contributed by atoms with Crippen LogP contribution in [-0.2, 0) is 0 Å². The molecule has 0 N–H and O–H groups in total. The molecule has 0 radical (unpaired) electrons. The highest BCUT2D eigenvalue weighted by molar-refractivity contribution is 14.1. The molecule has 1 nitrogen and oxygen atoms in total. The van der Waals surface area contributed by atoms with Crippen LogP contribution in [-0.4, -0.2) is 28.0 Å². The van der Waals surface area contributed by atoms with Crippen molar-refractivity contribution in [3.8, 4) is 0 Å². The van der Waals surface area contributed by atoms with Gasteiger partial charge < -0.3 is 0 Å². The summed E-state index contributed by atoms with van der Waals surface area (Å²) in [6.45, 7) is 1.34. The molecule has 0 aromatic heterocycles. The maximum Gasteiger partial charge on any atom is 0.0124 e. The maximum absolute atomic E-state index is 2.76. The lowest BCUT2D eigenvalue weighted by molar-refractivity contribution is 0.151. The Hall–Kier alpha value is 0.690. The lowest BCUT2D eigenvalue weighted by atomic mass is 10.0. The third-order valence-electron chi connectivity index (χ3n) is 3.19. The molecule has 0 aromatic rings. The Morgan fingerprint density at radius 3 is 2.27 bits per heavy atom. The minimum Gasteiger partial charge on any atom is -0.297 e. The molecule has 2 rings (SSSR count). The molecule has 0 aliphatic carbocycles. The van der Waals surface area contributed by atoms with Gasteiger partial charge in [0, 0.05) is 23.1 Å². The molecule has 2 aliphatic heterocycles. The Bertz CT molecular complexity index is 122. The molecule has 2 unspecified atom stereocenters. The van der Waals surface area contributed by atoms with E-state index in [9.17, 15) is 0 Å². The number of alkyl halides is 1. The zero-order valence-electron chi connectivity index (χ0n) is 6.93. The van der Waals surface area contributed by atoms with Gasteiger partial charge in [0.15, 0.2) is 0 Å². The van der Waals surface area contributed by atoms with Crippen molar-refractivity contribution in [1.82, 2.24) is 4.90 Å². The van der Waals surface area contributed by atoms with Gasteiger partial charge in [0.05, 0.1) is 0 Å². The predicted octanol–water partition coefficient (Wildman–Crippen LogP) is 2.44. The second kappa shape index (κ2) is 3.60. The monoisotopic (exact) mass is 265 g/mol. The van der Waals surface area contributed by atoms with E-state index < -0.39 is 0 Å². The molecule has 2 heterocycles. The van der Waals surface area contributed by atoms with E-state index in [2.05, 4.69) is 27.5 Å². The molecule has 2 heteroatoms. The van der Waals surface area contributed by atoms with Crippen LogP contribution in [0.1, 0.15) is 32.1 Å². The van der Waals surface area contributed by atoms with E-state index in [1.54, 1.807) is 0 Å². The summed E-state index contributed by atoms with van der Waals surface area (Å²) in [6, 6.07) is 1.95. The van der Waals surface area contributed by atoms with Crippen LogP contribution in [0.25, 0.3) is 0 Å². The average Bonchev–Trinajstić information content (AvgIpc) is 2.30. The highest BCUT2D eigenvalue weighted by Gasteiger charge is 2.35. The van der Waals surface area contributed by atoms with E-state index in [4.69, 9.17) is 0 Å². The third kappa shape index (κ3) is 1.57. The highest BCUT2D eigenvalue weighted by Crippen LogP contribution is 2.34. The van der Waals surface area contributed by atoms with Crippen molar-refractivity contribution < 1.29 is 0 Å². The van der Waals surface area contributed by atoms with E-state index >= 15 is 0 Å². The molecule has 2 atom stereocenters. The fourth-order valence-electron chi connectivity index (χ4n) is 2.69. The van der Waals surface area contributed by atoms with E-state index in [-0.39, 0.29) is 0 Å². The number of hydrogen-bond acceptors (Lipinski definition) is 1. The van der Waals surface area contributed by atoms with Crippen LogP contribution in [0.5, 0.6) is 0 Å². The van der Waals surface area contributed by atoms with Crippen molar-refractivity contribution in [2.45, 2.75) is 44.2 Å². The van der Waals surface area contributed by atoms with Crippen LogP contribution in [0.4, 0.5) is 0 Å². The summed E-state index contributed by atoms with van der Waals surface area (Å²) in [6.07, 6.45) is 7.43. The van der Waals surface area contributed by atoms with Crippen LogP contribution >= 0.6 is 22.6 Å². The smallest absolute Gasteiger partial charge is 0.0124 e. The molecule has 11 heavy (non-hydrogen) atoms. The first-order chi connectivity index (χ1) is 5.42. The normalized spacial score (nSPS) is 37.9. The zero-order chi connectivity index (χ0) is 7.68. The summed E-state index contributed by atoms with van der Waals surface area (Å²) < 4.78 is 1.31. The highest BCUT2D eigenvalue weighted by atomic mass is 127. The minimum atomic E-state index is 0.975. The Labute approximate surface area is 82.7 Å². The molecular formula is C9H16IN. The Balaban J connectivity index is 1.97. The van der Waals surface area contributed by atoms with E-state index in [0.29, 0.717) is 0 Å². The molecule has 0 spiro atoms. The second-order valence-corrected chi connectivity index (χ2v) is 4.82. The summed E-state index contributed by atoms with van der Waals surface area (Å²) in [5.41, 5.74) is 0. The molecule has 2 saturated heterocycles. The van der Waals surface area contributed by atoms with Crippen LogP contribution in [0.2, 0.25) is 0 Å². The van der Waals surface area contributed by atoms with Gasteiger partial charge >= 0.3 is 0 Å². The molecule has 64 valence electrons. The maximum atomic E-state index is 2.76. The SMILES string of the molecule is ICCN1C2CCCC1CC2. The van der Waals surface area contributed by atoms with E-state index in [1.165, 1.54) is 43.1 Å². The lowest BCUT2D eigenvalue weighted by Crippen LogP contribution is -2.40.